The number of hydrogen-bond acceptors (Lipinski definition) is 2. The lowest BCUT2D eigenvalue weighted by Crippen LogP contribution is -2.16. The molecule has 0 unspecified atom stereocenters. The summed E-state index contributed by atoms with van der Waals surface area (Å²) in [6.45, 7) is 0.814. The summed E-state index contributed by atoms with van der Waals surface area (Å²) in [7, 11) is 1.69. The van der Waals surface area contributed by atoms with Gasteiger partial charge in [0.25, 0.3) is 0 Å². The molecule has 3 rings (SSSR count). The molecule has 0 amide bonds. The highest BCUT2D eigenvalue weighted by molar-refractivity contribution is 9.10. The van der Waals surface area contributed by atoms with Gasteiger partial charge in [-0.05, 0) is 54.1 Å². The van der Waals surface area contributed by atoms with Crippen molar-refractivity contribution in [2.45, 2.75) is 6.54 Å². The Morgan fingerprint density at radius 3 is 1.91 bits per heavy atom. The molecule has 0 fully saturated rings. The zero-order valence-corrected chi connectivity index (χ0v) is 14.5. The summed E-state index contributed by atoms with van der Waals surface area (Å²) in [5.74, 6) is 0.865. The van der Waals surface area contributed by atoms with E-state index in [2.05, 4.69) is 81.5 Å². The molecule has 3 aromatic rings. The molecule has 0 heterocycles. The molecule has 0 bridgehead atoms. The lowest BCUT2D eigenvalue weighted by atomic mass is 10.1. The summed E-state index contributed by atoms with van der Waals surface area (Å²) in [6, 6.07) is 27.0. The fourth-order valence-electron chi connectivity index (χ4n) is 2.48. The highest BCUT2D eigenvalue weighted by atomic mass is 79.9. The average Bonchev–Trinajstić information content (AvgIpc) is 2.62. The van der Waals surface area contributed by atoms with Gasteiger partial charge in [0, 0.05) is 22.4 Å². The summed E-state index contributed by atoms with van der Waals surface area (Å²) in [5, 5.41) is 0. The number of halogens is 1. The van der Waals surface area contributed by atoms with Crippen LogP contribution in [0.2, 0.25) is 0 Å². The van der Waals surface area contributed by atoms with Gasteiger partial charge < -0.3 is 9.64 Å². The molecule has 0 radical (unpaired) electrons. The monoisotopic (exact) mass is 367 g/mol. The van der Waals surface area contributed by atoms with Gasteiger partial charge in [0.05, 0.1) is 7.11 Å². The molecule has 0 aliphatic carbocycles. The van der Waals surface area contributed by atoms with Gasteiger partial charge in [0.1, 0.15) is 5.75 Å². The van der Waals surface area contributed by atoms with Crippen molar-refractivity contribution in [2.75, 3.05) is 12.0 Å². The molecule has 0 aliphatic heterocycles. The van der Waals surface area contributed by atoms with Gasteiger partial charge in [-0.2, -0.15) is 0 Å². The van der Waals surface area contributed by atoms with Gasteiger partial charge in [-0.3, -0.25) is 0 Å². The maximum absolute atomic E-state index is 5.26. The fourth-order valence-corrected chi connectivity index (χ4v) is 2.75. The number of rotatable bonds is 5. The third kappa shape index (κ3) is 3.93. The second-order valence-electron chi connectivity index (χ2n) is 5.25. The molecule has 23 heavy (non-hydrogen) atoms. The van der Waals surface area contributed by atoms with E-state index in [0.29, 0.717) is 0 Å². The Bertz CT molecular complexity index is 739. The number of benzene rings is 3. The fraction of sp³-hybridized carbons (Fsp3) is 0.100. The van der Waals surface area contributed by atoms with Crippen molar-refractivity contribution in [3.8, 4) is 5.75 Å². The first kappa shape index (κ1) is 15.6. The van der Waals surface area contributed by atoms with Crippen molar-refractivity contribution in [1.29, 1.82) is 0 Å². The van der Waals surface area contributed by atoms with Crippen LogP contribution in [-0.2, 0) is 6.54 Å². The normalized spacial score (nSPS) is 10.3. The summed E-state index contributed by atoms with van der Waals surface area (Å²) < 4.78 is 6.34. The largest absolute Gasteiger partial charge is 0.497 e. The molecule has 3 heteroatoms. The first-order valence-electron chi connectivity index (χ1n) is 7.47. The maximum atomic E-state index is 5.26. The highest BCUT2D eigenvalue weighted by Gasteiger charge is 2.10. The summed E-state index contributed by atoms with van der Waals surface area (Å²) in [6.07, 6.45) is 0. The third-order valence-corrected chi connectivity index (χ3v) is 4.23. The predicted molar refractivity (Wildman–Crippen MR) is 99.4 cm³/mol. The zero-order valence-electron chi connectivity index (χ0n) is 12.9. The van der Waals surface area contributed by atoms with Crippen molar-refractivity contribution >= 4 is 27.3 Å². The molecule has 0 atom stereocenters. The van der Waals surface area contributed by atoms with Crippen LogP contribution in [0.25, 0.3) is 0 Å². The quantitative estimate of drug-likeness (QED) is 0.565. The first-order valence-corrected chi connectivity index (χ1v) is 8.26. The van der Waals surface area contributed by atoms with E-state index in [1.807, 2.05) is 18.2 Å². The molecule has 2 nitrogen and oxygen atoms in total. The van der Waals surface area contributed by atoms with E-state index in [1.165, 1.54) is 5.56 Å². The molecule has 3 aromatic carbocycles. The standard InChI is InChI=1S/C20H18BrNO/c1-23-20-13-11-19(12-14-20)22(15-16-5-3-2-4-6-16)18-9-7-17(21)8-10-18/h2-14H,15H2,1H3. The van der Waals surface area contributed by atoms with Crippen LogP contribution in [0.4, 0.5) is 11.4 Å². The van der Waals surface area contributed by atoms with Crippen molar-refractivity contribution in [2.24, 2.45) is 0 Å². The minimum atomic E-state index is 0.814. The maximum Gasteiger partial charge on any atom is 0.119 e. The number of hydrogen-bond donors (Lipinski definition) is 0. The molecule has 0 aliphatic rings. The lowest BCUT2D eigenvalue weighted by Gasteiger charge is -2.25. The van der Waals surface area contributed by atoms with E-state index in [9.17, 15) is 0 Å². The van der Waals surface area contributed by atoms with Crippen LogP contribution >= 0.6 is 15.9 Å². The van der Waals surface area contributed by atoms with Crippen LogP contribution in [0.5, 0.6) is 5.75 Å². The average molecular weight is 368 g/mol. The Labute approximate surface area is 145 Å². The Morgan fingerprint density at radius 1 is 0.783 bits per heavy atom. The molecule has 116 valence electrons. The van der Waals surface area contributed by atoms with Gasteiger partial charge in [-0.15, -0.1) is 0 Å². The van der Waals surface area contributed by atoms with E-state index < -0.39 is 0 Å². The Morgan fingerprint density at radius 2 is 1.35 bits per heavy atom. The summed E-state index contributed by atoms with van der Waals surface area (Å²) in [4.78, 5) is 2.29. The van der Waals surface area contributed by atoms with Crippen LogP contribution < -0.4 is 9.64 Å². The van der Waals surface area contributed by atoms with E-state index in [-0.39, 0.29) is 0 Å². The molecule has 0 N–H and O–H groups in total. The Hall–Kier alpha value is -2.26. The van der Waals surface area contributed by atoms with Crippen molar-refractivity contribution in [1.82, 2.24) is 0 Å². The highest BCUT2D eigenvalue weighted by Crippen LogP contribution is 2.30. The smallest absolute Gasteiger partial charge is 0.119 e. The van der Waals surface area contributed by atoms with E-state index >= 15 is 0 Å². The molecular weight excluding hydrogens is 350 g/mol. The second-order valence-corrected chi connectivity index (χ2v) is 6.16. The lowest BCUT2D eigenvalue weighted by molar-refractivity contribution is 0.415. The van der Waals surface area contributed by atoms with Crippen LogP contribution in [0, 0.1) is 0 Å². The van der Waals surface area contributed by atoms with Crippen molar-refractivity contribution < 1.29 is 4.74 Å². The van der Waals surface area contributed by atoms with Crippen LogP contribution in [0.3, 0.4) is 0 Å². The van der Waals surface area contributed by atoms with Gasteiger partial charge in [-0.25, -0.2) is 0 Å². The van der Waals surface area contributed by atoms with E-state index in [1.54, 1.807) is 7.11 Å². The van der Waals surface area contributed by atoms with Crippen LogP contribution in [0.1, 0.15) is 5.56 Å². The van der Waals surface area contributed by atoms with E-state index in [4.69, 9.17) is 4.74 Å². The molecular formula is C20H18BrNO. The van der Waals surface area contributed by atoms with Crippen molar-refractivity contribution in [3.05, 3.63) is 88.9 Å². The topological polar surface area (TPSA) is 12.5 Å². The Kier molecular flexibility index (Phi) is 4.99. The summed E-state index contributed by atoms with van der Waals surface area (Å²) in [5.41, 5.74) is 3.56. The van der Waals surface area contributed by atoms with Crippen LogP contribution in [0.15, 0.2) is 83.3 Å². The number of nitrogens with zero attached hydrogens (tertiary/aromatic N) is 1. The van der Waals surface area contributed by atoms with Gasteiger partial charge in [-0.1, -0.05) is 46.3 Å². The first-order chi connectivity index (χ1) is 11.3. The van der Waals surface area contributed by atoms with Gasteiger partial charge in [0.2, 0.25) is 0 Å². The number of ether oxygens (including phenoxy) is 1. The third-order valence-electron chi connectivity index (χ3n) is 3.71. The van der Waals surface area contributed by atoms with Crippen molar-refractivity contribution in [3.63, 3.8) is 0 Å². The van der Waals surface area contributed by atoms with E-state index in [0.717, 1.165) is 28.1 Å². The molecule has 0 aromatic heterocycles. The van der Waals surface area contributed by atoms with Gasteiger partial charge >= 0.3 is 0 Å². The molecule has 0 saturated heterocycles. The minimum Gasteiger partial charge on any atom is -0.497 e. The zero-order chi connectivity index (χ0) is 16.1. The number of anilines is 2. The second kappa shape index (κ2) is 7.34. The summed E-state index contributed by atoms with van der Waals surface area (Å²) >= 11 is 3.50. The predicted octanol–water partition coefficient (Wildman–Crippen LogP) is 5.80. The molecule has 0 spiro atoms. The minimum absolute atomic E-state index is 0.814. The van der Waals surface area contributed by atoms with Crippen LogP contribution in [-0.4, -0.2) is 7.11 Å². The number of methoxy groups -OCH3 is 1. The van der Waals surface area contributed by atoms with Gasteiger partial charge in [0.15, 0.2) is 0 Å². The molecule has 0 saturated carbocycles. The SMILES string of the molecule is COc1ccc(N(Cc2ccccc2)c2ccc(Br)cc2)cc1. The Balaban J connectivity index is 1.96.